The molecule has 0 amide bonds. The van der Waals surface area contributed by atoms with Gasteiger partial charge in [0.1, 0.15) is 0 Å². The third kappa shape index (κ3) is 1.14. The minimum atomic E-state index is -1.78. The number of benzene rings is 1. The van der Waals surface area contributed by atoms with Gasteiger partial charge in [0.25, 0.3) is 0 Å². The van der Waals surface area contributed by atoms with E-state index in [1.807, 2.05) is 0 Å². The van der Waals surface area contributed by atoms with Crippen LogP contribution in [0, 0.1) is 11.6 Å². The number of carboxylic acid groups (broad SMARTS) is 1. The van der Waals surface area contributed by atoms with E-state index in [1.54, 1.807) is 0 Å². The quantitative estimate of drug-likeness (QED) is 0.789. The van der Waals surface area contributed by atoms with Gasteiger partial charge in [-0.2, -0.15) is 4.79 Å². The third-order valence-corrected chi connectivity index (χ3v) is 2.14. The molecule has 0 saturated carbocycles. The van der Waals surface area contributed by atoms with Gasteiger partial charge in [0, 0.05) is 0 Å². The summed E-state index contributed by atoms with van der Waals surface area (Å²) in [6.07, 6.45) is 0. The molecule has 84 valence electrons. The fourth-order valence-corrected chi connectivity index (χ4v) is 1.45. The maximum absolute atomic E-state index is 13.3. The average molecular weight is 231 g/mol. The van der Waals surface area contributed by atoms with Crippen LogP contribution in [-0.4, -0.2) is 21.0 Å². The zero-order valence-electron chi connectivity index (χ0n) is 7.54. The second-order valence-electron chi connectivity index (χ2n) is 3.04. The summed E-state index contributed by atoms with van der Waals surface area (Å²) in [7, 11) is 0. The number of aromatic carboxylic acids is 1. The molecule has 1 heterocycles. The molecule has 1 aromatic heterocycles. The molecule has 0 unspecified atom stereocenters. The number of rotatable bonds is 1. The normalized spacial score (nSPS) is 10.9. The molecule has 7 heteroatoms. The number of halogens is 3. The van der Waals surface area contributed by atoms with Crippen molar-refractivity contribution in [3.8, 4) is 5.75 Å². The first kappa shape index (κ1) is 10.3. The highest BCUT2D eigenvalue weighted by Crippen LogP contribution is 2.35. The van der Waals surface area contributed by atoms with Crippen molar-refractivity contribution in [2.75, 3.05) is 0 Å². The number of carbonyl (C=O) groups is 1. The van der Waals surface area contributed by atoms with Crippen LogP contribution in [0.2, 0.25) is 0 Å². The molecule has 0 atom stereocenters. The first-order valence-electron chi connectivity index (χ1n) is 4.06. The summed E-state index contributed by atoms with van der Waals surface area (Å²) in [4.78, 5) is 10.2. The Balaban J connectivity index is 3.00. The Hall–Kier alpha value is -2.18. The lowest BCUT2D eigenvalue weighted by Gasteiger charge is -1.94. The van der Waals surface area contributed by atoms with Gasteiger partial charge >= 0.3 is 5.97 Å². The van der Waals surface area contributed by atoms with Gasteiger partial charge < -0.3 is 10.2 Å². The molecule has 1 aromatic carbocycles. The number of hydrogen-bond acceptors (Lipinski definition) is 2. The Morgan fingerprint density at radius 3 is 2.50 bits per heavy atom. The summed E-state index contributed by atoms with van der Waals surface area (Å²) in [5.74, 6) is -5.71. The monoisotopic (exact) mass is 231 g/mol. The van der Waals surface area contributed by atoms with Crippen LogP contribution >= 0.6 is 0 Å². The van der Waals surface area contributed by atoms with E-state index in [0.717, 1.165) is 6.07 Å². The van der Waals surface area contributed by atoms with Crippen LogP contribution in [-0.2, 0) is 0 Å². The largest absolute Gasteiger partial charge is 0.505 e. The van der Waals surface area contributed by atoms with Crippen molar-refractivity contribution >= 4 is 16.9 Å². The number of carboxylic acids is 1. The van der Waals surface area contributed by atoms with Gasteiger partial charge in [0.2, 0.25) is 5.69 Å². The molecule has 0 fully saturated rings. The van der Waals surface area contributed by atoms with Crippen molar-refractivity contribution in [2.45, 2.75) is 0 Å². The lowest BCUT2D eigenvalue weighted by atomic mass is 10.2. The highest BCUT2D eigenvalue weighted by atomic mass is 19.2. The molecule has 4 nitrogen and oxygen atoms in total. The molecule has 2 N–H and O–H groups in total. The lowest BCUT2D eigenvalue weighted by Crippen LogP contribution is -2.01. The van der Waals surface area contributed by atoms with Gasteiger partial charge in [0.15, 0.2) is 17.4 Å². The molecule has 0 radical (unpaired) electrons. The van der Waals surface area contributed by atoms with Crippen molar-refractivity contribution in [3.63, 3.8) is 0 Å². The highest BCUT2D eigenvalue weighted by molar-refractivity contribution is 6.00. The van der Waals surface area contributed by atoms with E-state index in [4.69, 9.17) is 5.11 Å². The minimum absolute atomic E-state index is 0.407. The molecule has 2 aromatic rings. The van der Waals surface area contributed by atoms with Crippen molar-refractivity contribution in [1.82, 2.24) is 4.79 Å². The molecular formula is C9H4F3NO3. The van der Waals surface area contributed by atoms with E-state index in [1.165, 1.54) is 0 Å². The minimum Gasteiger partial charge on any atom is -0.505 e. The van der Waals surface area contributed by atoms with Gasteiger partial charge in [0.05, 0.1) is 10.9 Å². The van der Waals surface area contributed by atoms with Crippen molar-refractivity contribution in [2.24, 2.45) is 0 Å². The topological polar surface area (TPSA) is 62.5 Å². The molecule has 0 aliphatic rings. The molecule has 0 saturated heterocycles. The van der Waals surface area contributed by atoms with Gasteiger partial charge in [-0.15, -0.1) is 0 Å². The summed E-state index contributed by atoms with van der Waals surface area (Å²) in [5.41, 5.74) is -1.69. The van der Waals surface area contributed by atoms with E-state index in [9.17, 15) is 23.2 Å². The van der Waals surface area contributed by atoms with Crippen LogP contribution in [0.25, 0.3) is 10.9 Å². The van der Waals surface area contributed by atoms with Crippen LogP contribution in [0.5, 0.6) is 5.75 Å². The Labute approximate surface area is 86.1 Å². The molecule has 0 bridgehead atoms. The maximum Gasteiger partial charge on any atom is 0.359 e. The van der Waals surface area contributed by atoms with Crippen LogP contribution in [0.1, 0.15) is 10.5 Å². The number of aromatic nitrogens is 1. The second-order valence-corrected chi connectivity index (χ2v) is 3.04. The Morgan fingerprint density at radius 2 is 1.94 bits per heavy atom. The third-order valence-electron chi connectivity index (χ3n) is 2.14. The van der Waals surface area contributed by atoms with E-state index in [2.05, 4.69) is 0 Å². The average Bonchev–Trinajstić information content (AvgIpc) is 2.45. The second kappa shape index (κ2) is 3.16. The van der Waals surface area contributed by atoms with Crippen LogP contribution in [0.15, 0.2) is 12.1 Å². The van der Waals surface area contributed by atoms with Gasteiger partial charge in [-0.25, -0.2) is 13.6 Å². The zero-order chi connectivity index (χ0) is 12.0. The van der Waals surface area contributed by atoms with Crippen LogP contribution in [0.4, 0.5) is 13.3 Å². The maximum atomic E-state index is 13.3. The van der Waals surface area contributed by atoms with E-state index < -0.39 is 44.7 Å². The van der Waals surface area contributed by atoms with Crippen molar-refractivity contribution < 1.29 is 28.3 Å². The fourth-order valence-electron chi connectivity index (χ4n) is 1.45. The van der Waals surface area contributed by atoms with E-state index in [-0.39, 0.29) is 0 Å². The first-order chi connectivity index (χ1) is 7.45. The predicted molar refractivity (Wildman–Crippen MR) is 47.0 cm³/mol. The zero-order valence-corrected chi connectivity index (χ0v) is 7.54. The van der Waals surface area contributed by atoms with E-state index in [0.29, 0.717) is 6.07 Å². The van der Waals surface area contributed by atoms with E-state index >= 15 is 0 Å². The molecule has 0 spiro atoms. The standard InChI is InChI=1S/C9H4F3NO3/c10-3-1-2-4-5(6(3)11)8(14)7(9(15)16)13(4)12/h1-2,14H,(H,15,16). The summed E-state index contributed by atoms with van der Waals surface area (Å²) in [6.45, 7) is 0. The summed E-state index contributed by atoms with van der Waals surface area (Å²) >= 11 is 0. The SMILES string of the molecule is O=C(O)c1c(O)c2c(F)c(F)ccc2n1F. The van der Waals surface area contributed by atoms with Crippen molar-refractivity contribution in [1.29, 1.82) is 0 Å². The smallest absolute Gasteiger partial charge is 0.359 e. The fraction of sp³-hybridized carbons (Fsp3) is 0. The van der Waals surface area contributed by atoms with Crippen LogP contribution in [0.3, 0.4) is 0 Å². The Morgan fingerprint density at radius 1 is 1.31 bits per heavy atom. The predicted octanol–water partition coefficient (Wildman–Crippen LogP) is 2.06. The number of aromatic hydroxyl groups is 1. The molecule has 2 rings (SSSR count). The van der Waals surface area contributed by atoms with Gasteiger partial charge in [-0.3, -0.25) is 0 Å². The summed E-state index contributed by atoms with van der Waals surface area (Å²) < 4.78 is 39.4. The van der Waals surface area contributed by atoms with Gasteiger partial charge in [-0.1, -0.05) is 4.48 Å². The Bertz CT molecular complexity index is 606. The number of nitrogens with zero attached hydrogens (tertiary/aromatic N) is 1. The van der Waals surface area contributed by atoms with Gasteiger partial charge in [-0.05, 0) is 12.1 Å². The molecular weight excluding hydrogens is 227 g/mol. The number of fused-ring (bicyclic) bond motifs is 1. The first-order valence-corrected chi connectivity index (χ1v) is 4.06. The molecule has 16 heavy (non-hydrogen) atoms. The lowest BCUT2D eigenvalue weighted by molar-refractivity contribution is 0.0671. The van der Waals surface area contributed by atoms with Crippen LogP contribution < -0.4 is 0 Å². The highest BCUT2D eigenvalue weighted by Gasteiger charge is 2.26. The molecule has 0 aliphatic carbocycles. The summed E-state index contributed by atoms with van der Waals surface area (Å²) in [6, 6.07) is 1.47. The summed E-state index contributed by atoms with van der Waals surface area (Å²) in [5, 5.41) is 17.1. The number of hydrogen-bond donors (Lipinski definition) is 2. The molecule has 0 aliphatic heterocycles. The Kier molecular flexibility index (Phi) is 2.04. The van der Waals surface area contributed by atoms with Crippen molar-refractivity contribution in [3.05, 3.63) is 29.5 Å².